The summed E-state index contributed by atoms with van der Waals surface area (Å²) in [5.74, 6) is -0.833. The molecule has 0 aromatic carbocycles. The molecule has 0 aromatic heterocycles. The van der Waals surface area contributed by atoms with Gasteiger partial charge >= 0.3 is 17.9 Å². The maximum Gasteiger partial charge on any atom is 0.306 e. The normalized spacial score (nSPS) is 11.9. The van der Waals surface area contributed by atoms with E-state index in [0.717, 1.165) is 57.8 Å². The van der Waals surface area contributed by atoms with Crippen LogP contribution in [0.1, 0.15) is 329 Å². The van der Waals surface area contributed by atoms with E-state index in [1.807, 2.05) is 0 Å². The van der Waals surface area contributed by atoms with Crippen LogP contribution in [0.4, 0.5) is 0 Å². The molecule has 0 aliphatic carbocycles. The molecule has 0 N–H and O–H groups in total. The summed E-state index contributed by atoms with van der Waals surface area (Å²) in [6, 6.07) is 0. The van der Waals surface area contributed by atoms with Gasteiger partial charge in [0.05, 0.1) is 0 Å². The first-order chi connectivity index (χ1) is 31.0. The summed E-state index contributed by atoms with van der Waals surface area (Å²) in [6.45, 7) is 6.70. The van der Waals surface area contributed by atoms with E-state index < -0.39 is 6.10 Å². The number of hydrogen-bond donors (Lipinski definition) is 0. The highest BCUT2D eigenvalue weighted by Crippen LogP contribution is 2.18. The zero-order valence-corrected chi connectivity index (χ0v) is 42.9. The van der Waals surface area contributed by atoms with Crippen LogP contribution >= 0.6 is 0 Å². The first-order valence-corrected chi connectivity index (χ1v) is 28.5. The molecule has 0 saturated heterocycles. The molecule has 0 aromatic rings. The van der Waals surface area contributed by atoms with Crippen LogP contribution in [-0.4, -0.2) is 37.2 Å². The SMILES string of the molecule is CCCCCCCCCCCCCCCCCCCC(=O)O[C@H](COC(=O)CCCCCCCCCCCCCC)COC(=O)CCCCCCCCCCCCCCCCCC. The Balaban J connectivity index is 4.28. The Morgan fingerprint density at radius 1 is 0.254 bits per heavy atom. The zero-order valence-electron chi connectivity index (χ0n) is 42.9. The Morgan fingerprint density at radius 2 is 0.429 bits per heavy atom. The van der Waals surface area contributed by atoms with Crippen LogP contribution in [-0.2, 0) is 28.6 Å². The van der Waals surface area contributed by atoms with Crippen LogP contribution in [0.15, 0.2) is 0 Å². The van der Waals surface area contributed by atoms with Crippen molar-refractivity contribution in [2.45, 2.75) is 335 Å². The Bertz CT molecular complexity index is 936. The number of esters is 3. The average molecular weight is 892 g/mol. The van der Waals surface area contributed by atoms with Gasteiger partial charge < -0.3 is 14.2 Å². The molecule has 0 rings (SSSR count). The Kier molecular flexibility index (Phi) is 51.7. The second kappa shape index (κ2) is 53.0. The second-order valence-electron chi connectivity index (χ2n) is 19.6. The number of carbonyl (C=O) groups excluding carboxylic acids is 3. The largest absolute Gasteiger partial charge is 0.462 e. The molecule has 1 atom stereocenters. The van der Waals surface area contributed by atoms with Crippen LogP contribution in [0, 0.1) is 0 Å². The van der Waals surface area contributed by atoms with Crippen molar-refractivity contribution in [1.82, 2.24) is 0 Å². The fraction of sp³-hybridized carbons (Fsp3) is 0.947. The third kappa shape index (κ3) is 51.3. The molecule has 374 valence electrons. The molecule has 0 amide bonds. The number of rotatable bonds is 53. The van der Waals surface area contributed by atoms with E-state index >= 15 is 0 Å². The van der Waals surface area contributed by atoms with Crippen molar-refractivity contribution in [2.75, 3.05) is 13.2 Å². The summed E-state index contributed by atoms with van der Waals surface area (Å²) in [5.41, 5.74) is 0. The van der Waals surface area contributed by atoms with Crippen LogP contribution in [0.5, 0.6) is 0 Å². The van der Waals surface area contributed by atoms with Crippen molar-refractivity contribution in [3.8, 4) is 0 Å². The highest BCUT2D eigenvalue weighted by atomic mass is 16.6. The molecule has 0 saturated carbocycles. The zero-order chi connectivity index (χ0) is 45.8. The minimum absolute atomic E-state index is 0.0611. The van der Waals surface area contributed by atoms with Crippen LogP contribution in [0.25, 0.3) is 0 Å². The molecule has 0 aliphatic heterocycles. The predicted molar refractivity (Wildman–Crippen MR) is 270 cm³/mol. The van der Waals surface area contributed by atoms with Gasteiger partial charge in [-0.3, -0.25) is 14.4 Å². The van der Waals surface area contributed by atoms with Gasteiger partial charge in [-0.25, -0.2) is 0 Å². The fourth-order valence-electron chi connectivity index (χ4n) is 8.80. The van der Waals surface area contributed by atoms with Gasteiger partial charge in [-0.15, -0.1) is 0 Å². The third-order valence-electron chi connectivity index (χ3n) is 13.1. The van der Waals surface area contributed by atoms with E-state index in [1.165, 1.54) is 231 Å². The summed E-state index contributed by atoms with van der Waals surface area (Å²) in [5, 5.41) is 0. The first kappa shape index (κ1) is 61.4. The van der Waals surface area contributed by atoms with E-state index in [1.54, 1.807) is 0 Å². The van der Waals surface area contributed by atoms with Crippen LogP contribution < -0.4 is 0 Å². The van der Waals surface area contributed by atoms with Crippen molar-refractivity contribution < 1.29 is 28.6 Å². The minimum atomic E-state index is -0.760. The van der Waals surface area contributed by atoms with Gasteiger partial charge in [-0.2, -0.15) is 0 Å². The van der Waals surface area contributed by atoms with Gasteiger partial charge in [0.15, 0.2) is 6.10 Å². The molecule has 0 fully saturated rings. The highest BCUT2D eigenvalue weighted by molar-refractivity contribution is 5.71. The minimum Gasteiger partial charge on any atom is -0.462 e. The molecule has 0 unspecified atom stereocenters. The Hall–Kier alpha value is -1.59. The van der Waals surface area contributed by atoms with Crippen LogP contribution in [0.2, 0.25) is 0 Å². The summed E-state index contributed by atoms with van der Waals surface area (Å²) < 4.78 is 16.9. The van der Waals surface area contributed by atoms with Crippen molar-refractivity contribution in [3.63, 3.8) is 0 Å². The van der Waals surface area contributed by atoms with E-state index in [9.17, 15) is 14.4 Å². The molecule has 0 spiro atoms. The van der Waals surface area contributed by atoms with Gasteiger partial charge in [-0.05, 0) is 19.3 Å². The lowest BCUT2D eigenvalue weighted by molar-refractivity contribution is -0.167. The lowest BCUT2D eigenvalue weighted by atomic mass is 10.0. The Labute approximate surface area is 393 Å². The molecule has 0 bridgehead atoms. The van der Waals surface area contributed by atoms with Crippen molar-refractivity contribution in [1.29, 1.82) is 0 Å². The second-order valence-corrected chi connectivity index (χ2v) is 19.6. The standard InChI is InChI=1S/C57H110O6/c1-4-7-10-13-16-19-22-25-27-29-31-33-36-39-42-45-48-51-57(60)63-54(52-61-55(58)49-46-43-40-37-34-24-21-18-15-12-9-6-3)53-62-56(59)50-47-44-41-38-35-32-30-28-26-23-20-17-14-11-8-5-2/h54H,4-53H2,1-3H3/t54-/m1/s1. The first-order valence-electron chi connectivity index (χ1n) is 28.5. The highest BCUT2D eigenvalue weighted by Gasteiger charge is 2.19. The number of unbranched alkanes of at least 4 members (excludes halogenated alkanes) is 42. The number of carbonyl (C=O) groups is 3. The van der Waals surface area contributed by atoms with Crippen molar-refractivity contribution in [2.24, 2.45) is 0 Å². The van der Waals surface area contributed by atoms with Gasteiger partial charge in [0.1, 0.15) is 13.2 Å². The van der Waals surface area contributed by atoms with E-state index in [2.05, 4.69) is 20.8 Å². The predicted octanol–water partition coefficient (Wildman–Crippen LogP) is 18.8. The molecule has 6 heteroatoms. The van der Waals surface area contributed by atoms with Gasteiger partial charge in [0.25, 0.3) is 0 Å². The van der Waals surface area contributed by atoms with Gasteiger partial charge in [0, 0.05) is 19.3 Å². The number of ether oxygens (including phenoxy) is 3. The van der Waals surface area contributed by atoms with Crippen molar-refractivity contribution >= 4 is 17.9 Å². The Morgan fingerprint density at radius 3 is 0.635 bits per heavy atom. The molecule has 0 heterocycles. The molecular formula is C57H110O6. The van der Waals surface area contributed by atoms with Crippen molar-refractivity contribution in [3.05, 3.63) is 0 Å². The average Bonchev–Trinajstić information content (AvgIpc) is 3.28. The lowest BCUT2D eigenvalue weighted by Crippen LogP contribution is -2.30. The summed E-state index contributed by atoms with van der Waals surface area (Å²) in [4.78, 5) is 38.1. The topological polar surface area (TPSA) is 78.9 Å². The molecule has 6 nitrogen and oxygen atoms in total. The maximum absolute atomic E-state index is 12.8. The van der Waals surface area contributed by atoms with Gasteiger partial charge in [0.2, 0.25) is 0 Å². The quantitative estimate of drug-likeness (QED) is 0.0344. The molecule has 63 heavy (non-hydrogen) atoms. The monoisotopic (exact) mass is 891 g/mol. The maximum atomic E-state index is 12.8. The number of hydrogen-bond acceptors (Lipinski definition) is 6. The molecule has 0 aliphatic rings. The van der Waals surface area contributed by atoms with E-state index in [0.29, 0.717) is 19.3 Å². The van der Waals surface area contributed by atoms with Gasteiger partial charge in [-0.1, -0.05) is 290 Å². The summed E-state index contributed by atoms with van der Waals surface area (Å²) in [7, 11) is 0. The smallest absolute Gasteiger partial charge is 0.306 e. The van der Waals surface area contributed by atoms with Crippen LogP contribution in [0.3, 0.4) is 0 Å². The summed E-state index contributed by atoms with van der Waals surface area (Å²) >= 11 is 0. The fourth-order valence-corrected chi connectivity index (χ4v) is 8.80. The molecule has 0 radical (unpaired) electrons. The van der Waals surface area contributed by atoms with E-state index in [-0.39, 0.29) is 31.1 Å². The summed E-state index contributed by atoms with van der Waals surface area (Å²) in [6.07, 6.45) is 58.0. The lowest BCUT2D eigenvalue weighted by Gasteiger charge is -2.18. The molecular weight excluding hydrogens is 781 g/mol. The van der Waals surface area contributed by atoms with E-state index in [4.69, 9.17) is 14.2 Å². The third-order valence-corrected chi connectivity index (χ3v) is 13.1.